The molecule has 11 heteroatoms. The molecule has 0 spiro atoms. The normalized spacial score (nSPS) is 11.4. The van der Waals surface area contributed by atoms with Crippen LogP contribution in [0.4, 0.5) is 15.9 Å². The molecular formula is C10H6BrCl2FN4O2S. The molecule has 0 saturated carbocycles. The van der Waals surface area contributed by atoms with Gasteiger partial charge in [-0.1, -0.05) is 11.6 Å². The lowest BCUT2D eigenvalue weighted by Gasteiger charge is -2.10. The van der Waals surface area contributed by atoms with Crippen LogP contribution in [-0.4, -0.2) is 18.4 Å². The number of hydrogen-bond acceptors (Lipinski definition) is 5. The van der Waals surface area contributed by atoms with Gasteiger partial charge in [-0.05, 0) is 39.7 Å². The second-order valence-corrected chi connectivity index (χ2v) is 6.99. The number of halogens is 4. The number of nitrogens with two attached hydrogens (primary N) is 1. The predicted octanol–water partition coefficient (Wildman–Crippen LogP) is 3.07. The second kappa shape index (κ2) is 5.91. The van der Waals surface area contributed by atoms with Gasteiger partial charge < -0.3 is 5.73 Å². The number of hydrogen-bond donors (Lipinski definition) is 2. The molecule has 1 aromatic heterocycles. The predicted molar refractivity (Wildman–Crippen MR) is 81.4 cm³/mol. The van der Waals surface area contributed by atoms with Gasteiger partial charge in [0.1, 0.15) is 21.7 Å². The Kier molecular flexibility index (Phi) is 4.57. The van der Waals surface area contributed by atoms with Crippen molar-refractivity contribution in [3.05, 3.63) is 38.9 Å². The van der Waals surface area contributed by atoms with Crippen molar-refractivity contribution in [2.24, 2.45) is 0 Å². The fourth-order valence-corrected chi connectivity index (χ4v) is 3.20. The van der Waals surface area contributed by atoms with Gasteiger partial charge in [0, 0.05) is 16.2 Å². The minimum atomic E-state index is -4.25. The monoisotopic (exact) mass is 414 g/mol. The SMILES string of the molecule is Nc1cc(S(=O)(=O)Nc2cc(Cl)nc(Cl)n2)c(F)cc1Br. The van der Waals surface area contributed by atoms with Gasteiger partial charge in [-0.25, -0.2) is 17.8 Å². The number of nitrogens with zero attached hydrogens (tertiary/aromatic N) is 2. The molecule has 0 atom stereocenters. The molecule has 0 fully saturated rings. The minimum absolute atomic E-state index is 0.0653. The molecule has 0 aliphatic heterocycles. The van der Waals surface area contributed by atoms with Crippen LogP contribution >= 0.6 is 39.1 Å². The van der Waals surface area contributed by atoms with E-state index >= 15 is 0 Å². The van der Waals surface area contributed by atoms with Crippen LogP contribution < -0.4 is 10.5 Å². The summed E-state index contributed by atoms with van der Waals surface area (Å²) in [5.41, 5.74) is 5.62. The van der Waals surface area contributed by atoms with Crippen LogP contribution in [0.5, 0.6) is 0 Å². The fourth-order valence-electron chi connectivity index (χ4n) is 1.39. The second-order valence-electron chi connectivity index (χ2n) is 3.75. The van der Waals surface area contributed by atoms with Crippen LogP contribution in [0.1, 0.15) is 0 Å². The summed E-state index contributed by atoms with van der Waals surface area (Å²) < 4.78 is 40.4. The van der Waals surface area contributed by atoms with E-state index in [2.05, 4.69) is 25.9 Å². The molecule has 1 aromatic carbocycles. The summed E-state index contributed by atoms with van der Waals surface area (Å²) in [4.78, 5) is 6.57. The van der Waals surface area contributed by atoms with Crippen molar-refractivity contribution in [3.63, 3.8) is 0 Å². The van der Waals surface area contributed by atoms with Crippen LogP contribution in [0.3, 0.4) is 0 Å². The first-order valence-electron chi connectivity index (χ1n) is 5.16. The number of benzene rings is 1. The first kappa shape index (κ1) is 16.2. The van der Waals surface area contributed by atoms with E-state index in [0.717, 1.165) is 18.2 Å². The van der Waals surface area contributed by atoms with E-state index in [0.29, 0.717) is 0 Å². The van der Waals surface area contributed by atoms with Crippen LogP contribution in [0, 0.1) is 5.82 Å². The van der Waals surface area contributed by atoms with E-state index in [9.17, 15) is 12.8 Å². The van der Waals surface area contributed by atoms with E-state index < -0.39 is 20.7 Å². The van der Waals surface area contributed by atoms with Crippen molar-refractivity contribution in [1.82, 2.24) is 9.97 Å². The van der Waals surface area contributed by atoms with Crippen LogP contribution in [0.25, 0.3) is 0 Å². The van der Waals surface area contributed by atoms with Gasteiger partial charge in [0.05, 0.1) is 0 Å². The van der Waals surface area contributed by atoms with E-state index in [1.54, 1.807) is 0 Å². The molecule has 0 aliphatic carbocycles. The maximum absolute atomic E-state index is 13.8. The number of rotatable bonds is 3. The Labute approximate surface area is 137 Å². The topological polar surface area (TPSA) is 98.0 Å². The summed E-state index contributed by atoms with van der Waals surface area (Å²) in [6.45, 7) is 0. The Morgan fingerprint density at radius 2 is 1.90 bits per heavy atom. The van der Waals surface area contributed by atoms with Crippen molar-refractivity contribution in [1.29, 1.82) is 0 Å². The van der Waals surface area contributed by atoms with Gasteiger partial charge >= 0.3 is 0 Å². The molecule has 21 heavy (non-hydrogen) atoms. The molecule has 3 N–H and O–H groups in total. The number of nitrogens with one attached hydrogen (secondary N) is 1. The number of anilines is 2. The Morgan fingerprint density at radius 3 is 2.52 bits per heavy atom. The summed E-state index contributed by atoms with van der Waals surface area (Å²) in [5.74, 6) is -1.17. The molecule has 0 saturated heterocycles. The average Bonchev–Trinajstić information content (AvgIpc) is 2.31. The number of aromatic nitrogens is 2. The van der Waals surface area contributed by atoms with E-state index in [1.165, 1.54) is 0 Å². The Balaban J connectivity index is 2.45. The third-order valence-corrected chi connectivity index (χ3v) is 4.67. The third kappa shape index (κ3) is 3.73. The minimum Gasteiger partial charge on any atom is -0.398 e. The quantitative estimate of drug-likeness (QED) is 0.456. The molecule has 0 amide bonds. The van der Waals surface area contributed by atoms with Gasteiger partial charge in [0.2, 0.25) is 5.28 Å². The van der Waals surface area contributed by atoms with E-state index in [4.69, 9.17) is 28.9 Å². The average molecular weight is 416 g/mol. The highest BCUT2D eigenvalue weighted by Crippen LogP contribution is 2.27. The van der Waals surface area contributed by atoms with Crippen LogP contribution in [0.2, 0.25) is 10.4 Å². The summed E-state index contributed by atoms with van der Waals surface area (Å²) in [7, 11) is -4.25. The summed E-state index contributed by atoms with van der Waals surface area (Å²) in [6, 6.07) is 3.06. The zero-order chi connectivity index (χ0) is 15.8. The van der Waals surface area contributed by atoms with Crippen LogP contribution in [0.15, 0.2) is 27.6 Å². The smallest absolute Gasteiger partial charge is 0.266 e. The maximum Gasteiger partial charge on any atom is 0.266 e. The van der Waals surface area contributed by atoms with E-state index in [1.807, 2.05) is 4.72 Å². The highest BCUT2D eigenvalue weighted by Gasteiger charge is 2.22. The Hall–Kier alpha value is -1.16. The van der Waals surface area contributed by atoms with E-state index in [-0.39, 0.29) is 26.4 Å². The first-order valence-corrected chi connectivity index (χ1v) is 8.19. The molecule has 1 heterocycles. The standard InChI is InChI=1S/C10H6BrCl2FN4O2S/c11-4-1-5(14)7(2-6(4)15)21(19,20)18-9-3-8(12)16-10(13)17-9/h1-3H,15H2,(H,16,17,18). The molecular weight excluding hydrogens is 410 g/mol. The van der Waals surface area contributed by atoms with Crippen molar-refractivity contribution in [3.8, 4) is 0 Å². The van der Waals surface area contributed by atoms with Gasteiger partial charge in [-0.15, -0.1) is 0 Å². The summed E-state index contributed by atoms with van der Waals surface area (Å²) in [5, 5.41) is -0.320. The maximum atomic E-state index is 13.8. The molecule has 0 unspecified atom stereocenters. The largest absolute Gasteiger partial charge is 0.398 e. The van der Waals surface area contributed by atoms with Gasteiger partial charge in [0.25, 0.3) is 10.0 Å². The molecule has 0 radical (unpaired) electrons. The van der Waals surface area contributed by atoms with Gasteiger partial charge in [0.15, 0.2) is 0 Å². The number of sulfonamides is 1. The highest BCUT2D eigenvalue weighted by atomic mass is 79.9. The molecule has 2 rings (SSSR count). The Morgan fingerprint density at radius 1 is 1.24 bits per heavy atom. The zero-order valence-corrected chi connectivity index (χ0v) is 13.9. The van der Waals surface area contributed by atoms with Crippen molar-refractivity contribution >= 4 is 60.7 Å². The lowest BCUT2D eigenvalue weighted by Crippen LogP contribution is -2.16. The highest BCUT2D eigenvalue weighted by molar-refractivity contribution is 9.10. The molecule has 6 nitrogen and oxygen atoms in total. The van der Waals surface area contributed by atoms with Crippen molar-refractivity contribution in [2.45, 2.75) is 4.90 Å². The summed E-state index contributed by atoms with van der Waals surface area (Å²) >= 11 is 14.2. The van der Waals surface area contributed by atoms with Gasteiger partial charge in [-0.2, -0.15) is 4.98 Å². The lowest BCUT2D eigenvalue weighted by atomic mass is 10.3. The number of nitrogen functional groups attached to an aromatic ring is 1. The lowest BCUT2D eigenvalue weighted by molar-refractivity contribution is 0.570. The van der Waals surface area contributed by atoms with Crippen LogP contribution in [-0.2, 0) is 10.0 Å². The molecule has 0 aliphatic rings. The first-order chi connectivity index (χ1) is 9.69. The fraction of sp³-hybridized carbons (Fsp3) is 0. The zero-order valence-electron chi connectivity index (χ0n) is 9.94. The van der Waals surface area contributed by atoms with Gasteiger partial charge in [-0.3, -0.25) is 4.72 Å². The molecule has 2 aromatic rings. The Bertz CT molecular complexity index is 799. The van der Waals surface area contributed by atoms with Crippen molar-refractivity contribution in [2.75, 3.05) is 10.5 Å². The molecule has 112 valence electrons. The third-order valence-electron chi connectivity index (χ3n) is 2.25. The van der Waals surface area contributed by atoms with Crippen molar-refractivity contribution < 1.29 is 12.8 Å². The summed E-state index contributed by atoms with van der Waals surface area (Å²) in [6.07, 6.45) is 0. The molecule has 0 bridgehead atoms.